The zero-order chi connectivity index (χ0) is 21.9. The summed E-state index contributed by atoms with van der Waals surface area (Å²) >= 11 is 2.91. The number of hydrogen-bond acceptors (Lipinski definition) is 6. The topological polar surface area (TPSA) is 87.8 Å². The van der Waals surface area contributed by atoms with Crippen molar-refractivity contribution in [3.63, 3.8) is 0 Å². The number of aryl methyl sites for hydroxylation is 2. The van der Waals surface area contributed by atoms with Gasteiger partial charge in [-0.25, -0.2) is 4.98 Å². The smallest absolute Gasteiger partial charge is 0.263 e. The van der Waals surface area contributed by atoms with E-state index in [1.165, 1.54) is 22.2 Å². The van der Waals surface area contributed by atoms with Crippen LogP contribution in [0.2, 0.25) is 0 Å². The molecule has 0 aromatic carbocycles. The maximum absolute atomic E-state index is 13.3. The summed E-state index contributed by atoms with van der Waals surface area (Å²) in [5.41, 5.74) is 0.305. The van der Waals surface area contributed by atoms with Gasteiger partial charge in [-0.2, -0.15) is 5.26 Å². The third-order valence-electron chi connectivity index (χ3n) is 5.89. The second-order valence-electron chi connectivity index (χ2n) is 8.40. The molecule has 1 N–H and O–H groups in total. The average Bonchev–Trinajstić information content (AvgIpc) is 3.28. The standard InChI is InChI=1S/C22H30N4O2S2/c1-5-6-7-11-26-20(28)18-15-9-8-10-16(15)30-19(18)24-21(26)29-12-17(27)25-22(4,13-23)14(2)3/h14H,5-12H2,1-4H3,(H,25,27). The summed E-state index contributed by atoms with van der Waals surface area (Å²) in [5.74, 6) is -0.103. The van der Waals surface area contributed by atoms with Crippen molar-refractivity contribution in [3.8, 4) is 6.07 Å². The Morgan fingerprint density at radius 1 is 1.40 bits per heavy atom. The first-order chi connectivity index (χ1) is 14.3. The number of unbranched alkanes of at least 4 members (excludes halogenated alkanes) is 2. The lowest BCUT2D eigenvalue weighted by molar-refractivity contribution is -0.120. The third-order valence-corrected chi connectivity index (χ3v) is 8.06. The van der Waals surface area contributed by atoms with E-state index in [1.54, 1.807) is 22.8 Å². The lowest BCUT2D eigenvalue weighted by Gasteiger charge is -2.27. The van der Waals surface area contributed by atoms with Crippen molar-refractivity contribution >= 4 is 39.2 Å². The number of thioether (sulfide) groups is 1. The van der Waals surface area contributed by atoms with Crippen LogP contribution in [0.3, 0.4) is 0 Å². The first-order valence-electron chi connectivity index (χ1n) is 10.7. The molecule has 6 nitrogen and oxygen atoms in total. The van der Waals surface area contributed by atoms with Crippen molar-refractivity contribution in [2.75, 3.05) is 5.75 Å². The molecule has 1 amide bonds. The summed E-state index contributed by atoms with van der Waals surface area (Å²) in [4.78, 5) is 32.8. The Labute approximate surface area is 186 Å². The van der Waals surface area contributed by atoms with Crippen molar-refractivity contribution in [2.45, 2.75) is 83.5 Å². The van der Waals surface area contributed by atoms with E-state index in [0.717, 1.165) is 48.7 Å². The van der Waals surface area contributed by atoms with Gasteiger partial charge in [0.15, 0.2) is 5.16 Å². The maximum Gasteiger partial charge on any atom is 0.263 e. The van der Waals surface area contributed by atoms with Gasteiger partial charge in [0.2, 0.25) is 5.91 Å². The molecule has 1 aliphatic rings. The fraction of sp³-hybridized carbons (Fsp3) is 0.636. The number of amides is 1. The molecule has 1 atom stereocenters. The second kappa shape index (κ2) is 9.52. The molecule has 2 aromatic rings. The van der Waals surface area contributed by atoms with Crippen molar-refractivity contribution in [3.05, 3.63) is 20.8 Å². The number of carbonyl (C=O) groups excluding carboxylic acids is 1. The van der Waals surface area contributed by atoms with Crippen molar-refractivity contribution in [2.24, 2.45) is 5.92 Å². The van der Waals surface area contributed by atoms with Gasteiger partial charge in [-0.3, -0.25) is 14.2 Å². The molecular formula is C22H30N4O2S2. The molecule has 0 radical (unpaired) electrons. The predicted octanol–water partition coefficient (Wildman–Crippen LogP) is 4.28. The van der Waals surface area contributed by atoms with Gasteiger partial charge in [-0.05, 0) is 44.1 Å². The van der Waals surface area contributed by atoms with E-state index in [1.807, 2.05) is 13.8 Å². The highest BCUT2D eigenvalue weighted by Gasteiger charge is 2.30. The van der Waals surface area contributed by atoms with Crippen LogP contribution in [0.4, 0.5) is 0 Å². The fourth-order valence-electron chi connectivity index (χ4n) is 3.64. The minimum absolute atomic E-state index is 0.00773. The molecule has 8 heteroatoms. The monoisotopic (exact) mass is 446 g/mol. The summed E-state index contributed by atoms with van der Waals surface area (Å²) in [7, 11) is 0. The van der Waals surface area contributed by atoms with Crippen molar-refractivity contribution in [1.29, 1.82) is 5.26 Å². The molecule has 0 bridgehead atoms. The molecule has 2 aromatic heterocycles. The molecule has 0 saturated heterocycles. The van der Waals surface area contributed by atoms with Gasteiger partial charge in [0.1, 0.15) is 10.4 Å². The fourth-order valence-corrected chi connectivity index (χ4v) is 5.77. The van der Waals surface area contributed by atoms with Crippen molar-refractivity contribution in [1.82, 2.24) is 14.9 Å². The molecule has 0 saturated carbocycles. The minimum Gasteiger partial charge on any atom is -0.337 e. The van der Waals surface area contributed by atoms with E-state index in [2.05, 4.69) is 18.3 Å². The Hall–Kier alpha value is -1.85. The first kappa shape index (κ1) is 22.8. The highest BCUT2D eigenvalue weighted by atomic mass is 32.2. The summed E-state index contributed by atoms with van der Waals surface area (Å²) in [6, 6.07) is 2.20. The minimum atomic E-state index is -0.912. The molecule has 0 aliphatic heterocycles. The van der Waals surface area contributed by atoms with Crippen LogP contribution in [0.5, 0.6) is 0 Å². The molecule has 0 fully saturated rings. The van der Waals surface area contributed by atoms with Gasteiger partial charge in [0.25, 0.3) is 5.56 Å². The maximum atomic E-state index is 13.3. The summed E-state index contributed by atoms with van der Waals surface area (Å²) in [6.45, 7) is 8.31. The molecule has 30 heavy (non-hydrogen) atoms. The number of nitriles is 1. The number of fused-ring (bicyclic) bond motifs is 3. The molecule has 1 aliphatic carbocycles. The Bertz CT molecular complexity index is 1030. The van der Waals surface area contributed by atoms with E-state index < -0.39 is 5.54 Å². The Morgan fingerprint density at radius 3 is 2.83 bits per heavy atom. The number of carbonyl (C=O) groups is 1. The van der Waals surface area contributed by atoms with Gasteiger partial charge < -0.3 is 5.32 Å². The SMILES string of the molecule is CCCCCn1c(SCC(=O)NC(C)(C#N)C(C)C)nc2sc3c(c2c1=O)CCC3. The lowest BCUT2D eigenvalue weighted by atomic mass is 9.90. The highest BCUT2D eigenvalue weighted by molar-refractivity contribution is 7.99. The van der Waals surface area contributed by atoms with E-state index in [4.69, 9.17) is 4.98 Å². The molecule has 2 heterocycles. The molecule has 162 valence electrons. The summed E-state index contributed by atoms with van der Waals surface area (Å²) in [5, 5.41) is 13.7. The van der Waals surface area contributed by atoms with Crippen LogP contribution in [0.15, 0.2) is 9.95 Å². The van der Waals surface area contributed by atoms with Gasteiger partial charge in [0.05, 0.1) is 17.2 Å². The van der Waals surface area contributed by atoms with E-state index in [-0.39, 0.29) is 23.1 Å². The molecule has 1 unspecified atom stereocenters. The largest absolute Gasteiger partial charge is 0.337 e. The van der Waals surface area contributed by atoms with Crippen molar-refractivity contribution < 1.29 is 4.79 Å². The second-order valence-corrected chi connectivity index (χ2v) is 10.4. The number of nitrogens with zero attached hydrogens (tertiary/aromatic N) is 3. The predicted molar refractivity (Wildman–Crippen MR) is 123 cm³/mol. The molecule has 0 spiro atoms. The molecular weight excluding hydrogens is 416 g/mol. The highest BCUT2D eigenvalue weighted by Crippen LogP contribution is 2.35. The van der Waals surface area contributed by atoms with Crippen LogP contribution in [0.25, 0.3) is 10.2 Å². The van der Waals surface area contributed by atoms with Gasteiger partial charge in [0, 0.05) is 11.4 Å². The Balaban J connectivity index is 1.87. The summed E-state index contributed by atoms with van der Waals surface area (Å²) < 4.78 is 1.76. The average molecular weight is 447 g/mol. The normalized spacial score (nSPS) is 15.2. The Morgan fingerprint density at radius 2 is 2.17 bits per heavy atom. The first-order valence-corrected chi connectivity index (χ1v) is 12.5. The van der Waals surface area contributed by atoms with E-state index in [9.17, 15) is 14.9 Å². The van der Waals surface area contributed by atoms with Gasteiger partial charge in [-0.1, -0.05) is 45.4 Å². The van der Waals surface area contributed by atoms with Crippen LogP contribution in [-0.4, -0.2) is 26.8 Å². The zero-order valence-corrected chi connectivity index (χ0v) is 19.8. The number of thiophene rings is 1. The zero-order valence-electron chi connectivity index (χ0n) is 18.2. The van der Waals surface area contributed by atoms with Crippen LogP contribution >= 0.6 is 23.1 Å². The number of rotatable bonds is 9. The Kier molecular flexibility index (Phi) is 7.25. The lowest BCUT2D eigenvalue weighted by Crippen LogP contribution is -2.49. The number of aromatic nitrogens is 2. The third kappa shape index (κ3) is 4.57. The van der Waals surface area contributed by atoms with Crippen LogP contribution in [-0.2, 0) is 24.2 Å². The van der Waals surface area contributed by atoms with E-state index in [0.29, 0.717) is 11.7 Å². The van der Waals surface area contributed by atoms with Crippen LogP contribution in [0.1, 0.15) is 63.8 Å². The number of nitrogens with one attached hydrogen (secondary N) is 1. The van der Waals surface area contributed by atoms with Crippen LogP contribution in [0, 0.1) is 17.2 Å². The van der Waals surface area contributed by atoms with Gasteiger partial charge >= 0.3 is 0 Å². The van der Waals surface area contributed by atoms with Crippen LogP contribution < -0.4 is 10.9 Å². The van der Waals surface area contributed by atoms with E-state index >= 15 is 0 Å². The van der Waals surface area contributed by atoms with Gasteiger partial charge in [-0.15, -0.1) is 11.3 Å². The molecule has 3 rings (SSSR count). The number of hydrogen-bond donors (Lipinski definition) is 1. The summed E-state index contributed by atoms with van der Waals surface area (Å²) in [6.07, 6.45) is 6.12. The quantitative estimate of drug-likeness (QED) is 0.353.